The summed E-state index contributed by atoms with van der Waals surface area (Å²) in [5.41, 5.74) is -0.667. The third kappa shape index (κ3) is 11.1. The van der Waals surface area contributed by atoms with E-state index in [4.69, 9.17) is 20.4 Å². The van der Waals surface area contributed by atoms with E-state index in [9.17, 15) is 4.79 Å². The highest BCUT2D eigenvalue weighted by molar-refractivity contribution is 5.72. The lowest BCUT2D eigenvalue weighted by Gasteiger charge is -2.24. The van der Waals surface area contributed by atoms with Gasteiger partial charge < -0.3 is 29.9 Å². The number of carbonyl (C=O) groups is 1. The first-order valence-electron chi connectivity index (χ1n) is 6.50. The van der Waals surface area contributed by atoms with Crippen LogP contribution in [-0.4, -0.2) is 67.2 Å². The highest BCUT2D eigenvalue weighted by Crippen LogP contribution is 2.28. The maximum atomic E-state index is 9.76. The molecule has 1 aliphatic carbocycles. The van der Waals surface area contributed by atoms with Gasteiger partial charge in [-0.2, -0.15) is 0 Å². The van der Waals surface area contributed by atoms with Gasteiger partial charge in [-0.15, -0.1) is 0 Å². The van der Waals surface area contributed by atoms with Gasteiger partial charge in [0.25, 0.3) is 0 Å². The molecule has 4 N–H and O–H groups in total. The van der Waals surface area contributed by atoms with E-state index in [0.29, 0.717) is 13.2 Å². The Balaban J connectivity index is 0. The number of hydrogen-bond donors (Lipinski definition) is 4. The van der Waals surface area contributed by atoms with Crippen LogP contribution in [-0.2, 0) is 14.3 Å². The Kier molecular flexibility index (Phi) is 14.3. The summed E-state index contributed by atoms with van der Waals surface area (Å²) >= 11 is 0. The van der Waals surface area contributed by atoms with E-state index in [0.717, 1.165) is 12.8 Å². The summed E-state index contributed by atoms with van der Waals surface area (Å²) in [5.74, 6) is -0.611. The zero-order valence-electron chi connectivity index (χ0n) is 12.5. The Morgan fingerprint density at radius 2 is 1.50 bits per heavy atom. The van der Waals surface area contributed by atoms with Crippen molar-refractivity contribution in [2.24, 2.45) is 11.3 Å². The predicted molar refractivity (Wildman–Crippen MR) is 73.2 cm³/mol. The summed E-state index contributed by atoms with van der Waals surface area (Å²) < 4.78 is 8.94. The Morgan fingerprint density at radius 1 is 1.10 bits per heavy atom. The standard InChI is InChI=1S/C6H14O3.C4H6O2.C3H8O2/c1-2-6(3-7,4-8)5-9;5-4(6)3-1-2-3;1-4-3-5-2/h7-9H,2-5H2,1H3;3H,1-2H2,(H,5,6);3H2,1-2H3. The fourth-order valence-corrected chi connectivity index (χ4v) is 0.934. The normalized spacial score (nSPS) is 13.7. The fraction of sp³-hybridized carbons (Fsp3) is 0.923. The zero-order chi connectivity index (χ0) is 16.0. The lowest BCUT2D eigenvalue weighted by Crippen LogP contribution is -2.32. The average Bonchev–Trinajstić information content (AvgIpc) is 3.29. The van der Waals surface area contributed by atoms with Gasteiger partial charge in [-0.25, -0.2) is 0 Å². The highest BCUT2D eigenvalue weighted by Gasteiger charge is 2.28. The first-order valence-corrected chi connectivity index (χ1v) is 6.50. The van der Waals surface area contributed by atoms with Gasteiger partial charge >= 0.3 is 5.97 Å². The van der Waals surface area contributed by atoms with E-state index >= 15 is 0 Å². The van der Waals surface area contributed by atoms with Crippen LogP contribution in [0.4, 0.5) is 0 Å². The predicted octanol–water partition coefficient (Wildman–Crippen LogP) is 0.0774. The van der Waals surface area contributed by atoms with Crippen molar-refractivity contribution in [1.29, 1.82) is 0 Å². The smallest absolute Gasteiger partial charge is 0.306 e. The Morgan fingerprint density at radius 3 is 1.50 bits per heavy atom. The van der Waals surface area contributed by atoms with Crippen molar-refractivity contribution in [2.45, 2.75) is 26.2 Å². The average molecular weight is 296 g/mol. The van der Waals surface area contributed by atoms with Crippen LogP contribution >= 0.6 is 0 Å². The third-order valence-electron chi connectivity index (χ3n) is 2.92. The lowest BCUT2D eigenvalue weighted by atomic mass is 9.88. The second-order valence-electron chi connectivity index (χ2n) is 4.64. The maximum Gasteiger partial charge on any atom is 0.306 e. The van der Waals surface area contributed by atoms with Crippen LogP contribution in [0.5, 0.6) is 0 Å². The summed E-state index contributed by atoms with van der Waals surface area (Å²) in [6.07, 6.45) is 2.39. The Bertz CT molecular complexity index is 205. The topological polar surface area (TPSA) is 116 Å². The molecule has 0 bridgehead atoms. The third-order valence-corrected chi connectivity index (χ3v) is 2.92. The highest BCUT2D eigenvalue weighted by atomic mass is 16.6. The van der Waals surface area contributed by atoms with Crippen molar-refractivity contribution in [3.05, 3.63) is 0 Å². The van der Waals surface area contributed by atoms with Crippen molar-refractivity contribution < 1.29 is 34.7 Å². The van der Waals surface area contributed by atoms with Gasteiger partial charge in [-0.3, -0.25) is 4.79 Å². The number of carboxylic acids is 1. The number of aliphatic hydroxyl groups excluding tert-OH is 3. The van der Waals surface area contributed by atoms with Gasteiger partial charge in [0.1, 0.15) is 6.79 Å². The lowest BCUT2D eigenvalue weighted by molar-refractivity contribution is -0.138. The van der Waals surface area contributed by atoms with Crippen molar-refractivity contribution >= 4 is 5.97 Å². The van der Waals surface area contributed by atoms with Gasteiger partial charge in [0.05, 0.1) is 25.7 Å². The van der Waals surface area contributed by atoms with Crippen LogP contribution < -0.4 is 0 Å². The molecule has 1 fully saturated rings. The number of hydrogen-bond acceptors (Lipinski definition) is 6. The first-order chi connectivity index (χ1) is 9.46. The second kappa shape index (κ2) is 13.3. The molecule has 0 aliphatic heterocycles. The molecule has 122 valence electrons. The minimum Gasteiger partial charge on any atom is -0.481 e. The van der Waals surface area contributed by atoms with Crippen LogP contribution in [0.2, 0.25) is 0 Å². The van der Waals surface area contributed by atoms with Gasteiger partial charge in [-0.1, -0.05) is 6.92 Å². The molecule has 0 spiro atoms. The van der Waals surface area contributed by atoms with Crippen molar-refractivity contribution in [3.63, 3.8) is 0 Å². The Labute approximate surface area is 120 Å². The molecular formula is C13H28O7. The number of aliphatic hydroxyl groups is 3. The number of aliphatic carboxylic acids is 1. The molecule has 7 heteroatoms. The molecule has 0 atom stereocenters. The molecule has 7 nitrogen and oxygen atoms in total. The van der Waals surface area contributed by atoms with Crippen molar-refractivity contribution in [2.75, 3.05) is 40.8 Å². The zero-order valence-corrected chi connectivity index (χ0v) is 12.5. The van der Waals surface area contributed by atoms with Crippen molar-refractivity contribution in [1.82, 2.24) is 0 Å². The summed E-state index contributed by atoms with van der Waals surface area (Å²) in [5, 5.41) is 34.0. The quantitative estimate of drug-likeness (QED) is 0.491. The molecule has 0 radical (unpaired) electrons. The van der Waals surface area contributed by atoms with E-state index in [1.54, 1.807) is 14.2 Å². The van der Waals surface area contributed by atoms with E-state index in [1.807, 2.05) is 6.92 Å². The number of methoxy groups -OCH3 is 2. The maximum absolute atomic E-state index is 9.76. The molecule has 0 amide bonds. The van der Waals surface area contributed by atoms with E-state index in [-0.39, 0.29) is 25.7 Å². The number of ether oxygens (including phenoxy) is 2. The molecule has 1 saturated carbocycles. The minimum atomic E-state index is -0.667. The van der Waals surface area contributed by atoms with Gasteiger partial charge in [0, 0.05) is 19.6 Å². The second-order valence-corrected chi connectivity index (χ2v) is 4.64. The molecule has 1 rings (SSSR count). The summed E-state index contributed by atoms with van der Waals surface area (Å²) in [4.78, 5) is 9.76. The molecule has 0 aromatic rings. The molecule has 0 heterocycles. The SMILES string of the molecule is CCC(CO)(CO)CO.COCOC.O=C(O)C1CC1. The molecule has 0 saturated heterocycles. The molecular weight excluding hydrogens is 268 g/mol. The summed E-state index contributed by atoms with van der Waals surface area (Å²) in [6.45, 7) is 1.74. The van der Waals surface area contributed by atoms with Gasteiger partial charge in [-0.05, 0) is 19.3 Å². The molecule has 1 aliphatic rings. The van der Waals surface area contributed by atoms with Crippen molar-refractivity contribution in [3.8, 4) is 0 Å². The summed E-state index contributed by atoms with van der Waals surface area (Å²) in [6, 6.07) is 0. The summed E-state index contributed by atoms with van der Waals surface area (Å²) in [7, 11) is 3.17. The first kappa shape index (κ1) is 21.6. The van der Waals surface area contributed by atoms with Gasteiger partial charge in [0.15, 0.2) is 0 Å². The Hall–Kier alpha value is -0.730. The fourth-order valence-electron chi connectivity index (χ4n) is 0.934. The minimum absolute atomic E-state index is 0.0185. The molecule has 20 heavy (non-hydrogen) atoms. The van der Waals surface area contributed by atoms with Crippen LogP contribution in [0, 0.1) is 11.3 Å². The van der Waals surface area contributed by atoms with Crippen LogP contribution in [0.15, 0.2) is 0 Å². The van der Waals surface area contributed by atoms with Crippen LogP contribution in [0.25, 0.3) is 0 Å². The van der Waals surface area contributed by atoms with Gasteiger partial charge in [0.2, 0.25) is 0 Å². The monoisotopic (exact) mass is 296 g/mol. The molecule has 0 unspecified atom stereocenters. The molecule has 0 aromatic heterocycles. The van der Waals surface area contributed by atoms with E-state index in [2.05, 4.69) is 9.47 Å². The largest absolute Gasteiger partial charge is 0.481 e. The number of rotatable bonds is 7. The van der Waals surface area contributed by atoms with Crippen LogP contribution in [0.1, 0.15) is 26.2 Å². The molecule has 0 aromatic carbocycles. The van der Waals surface area contributed by atoms with Crippen LogP contribution in [0.3, 0.4) is 0 Å². The van der Waals surface area contributed by atoms with E-state index in [1.165, 1.54) is 0 Å². The van der Waals surface area contributed by atoms with E-state index < -0.39 is 11.4 Å². The number of carboxylic acid groups (broad SMARTS) is 1.